The van der Waals surface area contributed by atoms with E-state index in [1.165, 1.54) is 19.3 Å². The molecule has 0 spiro atoms. The lowest BCUT2D eigenvalue weighted by atomic mass is 10.0. The van der Waals surface area contributed by atoms with Crippen molar-refractivity contribution in [3.05, 3.63) is 83.9 Å². The zero-order valence-electron chi connectivity index (χ0n) is 22.9. The molecule has 0 heterocycles. The van der Waals surface area contributed by atoms with Crippen molar-refractivity contribution < 1.29 is 23.8 Å². The van der Waals surface area contributed by atoms with Gasteiger partial charge in [-0.1, -0.05) is 82.9 Å². The van der Waals surface area contributed by atoms with E-state index in [1.807, 2.05) is 31.2 Å². The van der Waals surface area contributed by atoms with Crippen molar-refractivity contribution in [3.8, 4) is 22.6 Å². The van der Waals surface area contributed by atoms with Gasteiger partial charge in [-0.15, -0.1) is 0 Å². The largest absolute Gasteiger partial charge is 0.494 e. The summed E-state index contributed by atoms with van der Waals surface area (Å²) in [5, 5.41) is 0. The Morgan fingerprint density at radius 1 is 0.763 bits per heavy atom. The van der Waals surface area contributed by atoms with Gasteiger partial charge in [-0.25, -0.2) is 4.79 Å². The second-order valence-electron chi connectivity index (χ2n) is 9.74. The molecule has 0 aliphatic carbocycles. The minimum atomic E-state index is -0.367. The van der Waals surface area contributed by atoms with Crippen LogP contribution in [0.1, 0.15) is 75.2 Å². The second-order valence-corrected chi connectivity index (χ2v) is 9.74. The standard InChI is InChI=1S/C33H40O5/c1-4-6-7-8-23-36-30-18-14-28(15-19-30)27-12-9-26(10-13-27)11-22-32(34)38-31-20-16-29(17-21-31)33(35)37-24-25(3)5-2/h9-10,12-21,25H,4-8,11,22-24H2,1-3H3. The van der Waals surface area contributed by atoms with E-state index in [4.69, 9.17) is 14.2 Å². The first-order chi connectivity index (χ1) is 18.5. The van der Waals surface area contributed by atoms with Crippen molar-refractivity contribution in [2.45, 2.75) is 65.7 Å². The fourth-order valence-corrected chi connectivity index (χ4v) is 3.83. The summed E-state index contributed by atoms with van der Waals surface area (Å²) in [5.74, 6) is 0.959. The fraction of sp³-hybridized carbons (Fsp3) is 0.394. The number of rotatable bonds is 15. The highest BCUT2D eigenvalue weighted by Crippen LogP contribution is 2.23. The third-order valence-electron chi connectivity index (χ3n) is 6.54. The van der Waals surface area contributed by atoms with Gasteiger partial charge in [0, 0.05) is 6.42 Å². The lowest BCUT2D eigenvalue weighted by molar-refractivity contribution is -0.134. The van der Waals surface area contributed by atoms with Crippen LogP contribution >= 0.6 is 0 Å². The monoisotopic (exact) mass is 516 g/mol. The summed E-state index contributed by atoms with van der Waals surface area (Å²) in [6.45, 7) is 7.46. The van der Waals surface area contributed by atoms with Gasteiger partial charge in [-0.3, -0.25) is 4.79 Å². The molecule has 0 saturated heterocycles. The van der Waals surface area contributed by atoms with Gasteiger partial charge in [0.2, 0.25) is 0 Å². The van der Waals surface area contributed by atoms with E-state index < -0.39 is 0 Å². The average molecular weight is 517 g/mol. The maximum absolute atomic E-state index is 12.3. The Kier molecular flexibility index (Phi) is 11.9. The van der Waals surface area contributed by atoms with Crippen molar-refractivity contribution in [3.63, 3.8) is 0 Å². The van der Waals surface area contributed by atoms with Crippen LogP contribution in [0, 0.1) is 5.92 Å². The van der Waals surface area contributed by atoms with E-state index in [0.717, 1.165) is 41.9 Å². The summed E-state index contributed by atoms with van der Waals surface area (Å²) in [7, 11) is 0. The first kappa shape index (κ1) is 29.0. The molecule has 0 aliphatic rings. The van der Waals surface area contributed by atoms with Crippen molar-refractivity contribution >= 4 is 11.9 Å². The molecule has 1 unspecified atom stereocenters. The Hall–Kier alpha value is -3.60. The highest BCUT2D eigenvalue weighted by Gasteiger charge is 2.11. The van der Waals surface area contributed by atoms with Crippen molar-refractivity contribution in [1.29, 1.82) is 0 Å². The Labute approximate surface area is 227 Å². The average Bonchev–Trinajstić information content (AvgIpc) is 2.95. The van der Waals surface area contributed by atoms with Crippen LogP contribution in [0.5, 0.6) is 11.5 Å². The molecular formula is C33H40O5. The molecule has 0 aromatic heterocycles. The lowest BCUT2D eigenvalue weighted by Crippen LogP contribution is -2.12. The number of unbranched alkanes of at least 4 members (excludes halogenated alkanes) is 3. The van der Waals surface area contributed by atoms with E-state index >= 15 is 0 Å². The topological polar surface area (TPSA) is 61.8 Å². The molecule has 3 rings (SSSR count). The molecule has 0 N–H and O–H groups in total. The van der Waals surface area contributed by atoms with E-state index in [1.54, 1.807) is 24.3 Å². The van der Waals surface area contributed by atoms with E-state index in [9.17, 15) is 9.59 Å². The summed E-state index contributed by atoms with van der Waals surface area (Å²) >= 11 is 0. The minimum absolute atomic E-state index is 0.266. The zero-order chi connectivity index (χ0) is 27.2. The fourth-order valence-electron chi connectivity index (χ4n) is 3.83. The van der Waals surface area contributed by atoms with Crippen LogP contribution < -0.4 is 9.47 Å². The van der Waals surface area contributed by atoms with E-state index in [-0.39, 0.29) is 18.4 Å². The highest BCUT2D eigenvalue weighted by atomic mass is 16.5. The highest BCUT2D eigenvalue weighted by molar-refractivity contribution is 5.89. The molecule has 3 aromatic carbocycles. The smallest absolute Gasteiger partial charge is 0.338 e. The molecule has 0 aliphatic heterocycles. The lowest BCUT2D eigenvalue weighted by Gasteiger charge is -2.10. The van der Waals surface area contributed by atoms with Crippen LogP contribution in [-0.4, -0.2) is 25.2 Å². The van der Waals surface area contributed by atoms with Crippen LogP contribution in [0.3, 0.4) is 0 Å². The quantitative estimate of drug-likeness (QED) is 0.116. The normalized spacial score (nSPS) is 11.6. The zero-order valence-corrected chi connectivity index (χ0v) is 22.9. The summed E-state index contributed by atoms with van der Waals surface area (Å²) in [6, 6.07) is 22.9. The summed E-state index contributed by atoms with van der Waals surface area (Å²) in [4.78, 5) is 24.5. The molecule has 0 bridgehead atoms. The number of hydrogen-bond donors (Lipinski definition) is 0. The first-order valence-corrected chi connectivity index (χ1v) is 13.8. The van der Waals surface area contributed by atoms with E-state index in [2.05, 4.69) is 38.1 Å². The molecule has 0 saturated carbocycles. The van der Waals surface area contributed by atoms with Gasteiger partial charge >= 0.3 is 11.9 Å². The molecule has 3 aromatic rings. The van der Waals surface area contributed by atoms with Crippen LogP contribution in [0.25, 0.3) is 11.1 Å². The molecular weight excluding hydrogens is 476 g/mol. The molecule has 5 nitrogen and oxygen atoms in total. The minimum Gasteiger partial charge on any atom is -0.494 e. The van der Waals surface area contributed by atoms with Gasteiger partial charge in [0.1, 0.15) is 11.5 Å². The van der Waals surface area contributed by atoms with Crippen molar-refractivity contribution in [2.75, 3.05) is 13.2 Å². The molecule has 38 heavy (non-hydrogen) atoms. The van der Waals surface area contributed by atoms with Crippen LogP contribution in [0.4, 0.5) is 0 Å². The number of ether oxygens (including phenoxy) is 3. The number of benzene rings is 3. The van der Waals surface area contributed by atoms with Crippen molar-refractivity contribution in [2.24, 2.45) is 5.92 Å². The third-order valence-corrected chi connectivity index (χ3v) is 6.54. The predicted molar refractivity (Wildman–Crippen MR) is 152 cm³/mol. The Morgan fingerprint density at radius 3 is 2.03 bits per heavy atom. The SMILES string of the molecule is CCCCCCOc1ccc(-c2ccc(CCC(=O)Oc3ccc(C(=O)OCC(C)CC)cc3)cc2)cc1. The molecule has 1 atom stereocenters. The number of carbonyl (C=O) groups excluding carboxylic acids is 2. The molecule has 5 heteroatoms. The number of hydrogen-bond acceptors (Lipinski definition) is 5. The maximum Gasteiger partial charge on any atom is 0.338 e. The number of carbonyl (C=O) groups is 2. The Bertz CT molecular complexity index is 1120. The number of esters is 2. The summed E-state index contributed by atoms with van der Waals surface area (Å²) in [6.07, 6.45) is 6.59. The van der Waals surface area contributed by atoms with Gasteiger partial charge in [0.05, 0.1) is 18.8 Å². The molecule has 0 amide bonds. The summed E-state index contributed by atoms with van der Waals surface area (Å²) in [5.41, 5.74) is 3.75. The van der Waals surface area contributed by atoms with E-state index in [0.29, 0.717) is 30.3 Å². The van der Waals surface area contributed by atoms with Crippen LogP contribution in [-0.2, 0) is 16.0 Å². The Balaban J connectivity index is 1.42. The second kappa shape index (κ2) is 15.6. The van der Waals surface area contributed by atoms with Gasteiger partial charge in [-0.05, 0) is 71.8 Å². The molecule has 202 valence electrons. The van der Waals surface area contributed by atoms with Gasteiger partial charge in [0.25, 0.3) is 0 Å². The predicted octanol–water partition coefficient (Wildman–Crippen LogP) is 8.05. The van der Waals surface area contributed by atoms with Gasteiger partial charge < -0.3 is 14.2 Å². The molecule has 0 radical (unpaired) electrons. The van der Waals surface area contributed by atoms with Gasteiger partial charge in [0.15, 0.2) is 0 Å². The first-order valence-electron chi connectivity index (χ1n) is 13.8. The Morgan fingerprint density at radius 2 is 1.39 bits per heavy atom. The van der Waals surface area contributed by atoms with Gasteiger partial charge in [-0.2, -0.15) is 0 Å². The van der Waals surface area contributed by atoms with Crippen LogP contribution in [0.2, 0.25) is 0 Å². The summed E-state index contributed by atoms with van der Waals surface area (Å²) < 4.78 is 16.6. The maximum atomic E-state index is 12.3. The van der Waals surface area contributed by atoms with Crippen molar-refractivity contribution in [1.82, 2.24) is 0 Å². The molecule has 0 fully saturated rings. The third kappa shape index (κ3) is 9.70. The van der Waals surface area contributed by atoms with Crippen LogP contribution in [0.15, 0.2) is 72.8 Å². The number of aryl methyl sites for hydroxylation is 1.